The van der Waals surface area contributed by atoms with E-state index in [1.165, 1.54) is 0 Å². The summed E-state index contributed by atoms with van der Waals surface area (Å²) in [7, 11) is -8.65. The van der Waals surface area contributed by atoms with E-state index in [9.17, 15) is 0 Å². The Kier molecular flexibility index (Phi) is 15.0. The van der Waals surface area contributed by atoms with Crippen LogP contribution in [-0.4, -0.2) is 39.6 Å². The van der Waals surface area contributed by atoms with Crippen molar-refractivity contribution in [2.24, 2.45) is 4.52 Å². The van der Waals surface area contributed by atoms with Crippen LogP contribution in [0.2, 0.25) is 0 Å². The first kappa shape index (κ1) is 28.8. The molecular formula is C18H44N3O6P3+2. The van der Waals surface area contributed by atoms with Gasteiger partial charge in [-0.05, 0) is 43.4 Å². The van der Waals surface area contributed by atoms with Crippen LogP contribution in [0.1, 0.15) is 80.1 Å². The normalized spacial score (nSPS) is 19.5. The summed E-state index contributed by atoms with van der Waals surface area (Å²) in [5, 5.41) is 0. The standard InChI is InChI=1S/C18H44N3O6P3/c1-7-13-22-28(23-14-8-2)19-29(24-15-9-3,25-16-10-4)21-30(20-28,26-17-11-5)27-18-12-6/h19-20H,7-18H2,1-6H3/q+2. The van der Waals surface area contributed by atoms with Crippen LogP contribution < -0.4 is 9.72 Å². The van der Waals surface area contributed by atoms with Crippen molar-refractivity contribution in [3.05, 3.63) is 0 Å². The zero-order chi connectivity index (χ0) is 22.3. The van der Waals surface area contributed by atoms with Gasteiger partial charge in [0.2, 0.25) is 0 Å². The second-order valence-electron chi connectivity index (χ2n) is 6.88. The van der Waals surface area contributed by atoms with Crippen molar-refractivity contribution in [2.75, 3.05) is 39.6 Å². The lowest BCUT2D eigenvalue weighted by Crippen LogP contribution is -2.36. The average Bonchev–Trinajstić information content (AvgIpc) is 2.76. The van der Waals surface area contributed by atoms with Gasteiger partial charge in [0.25, 0.3) is 0 Å². The number of nitrogens with one attached hydrogen (secondary N) is 2. The van der Waals surface area contributed by atoms with Crippen LogP contribution in [0.3, 0.4) is 0 Å². The predicted octanol–water partition coefficient (Wildman–Crippen LogP) is 7.04. The summed E-state index contributed by atoms with van der Waals surface area (Å²) in [6, 6.07) is 0. The summed E-state index contributed by atoms with van der Waals surface area (Å²) in [5.41, 5.74) is 0. The maximum Gasteiger partial charge on any atom is 0.525 e. The smallest absolute Gasteiger partial charge is 0.308 e. The Hall–Kier alpha value is 0.770. The van der Waals surface area contributed by atoms with E-state index in [1.807, 2.05) is 0 Å². The minimum absolute atomic E-state index is 0.511. The highest BCUT2D eigenvalue weighted by atomic mass is 31.3. The van der Waals surface area contributed by atoms with Crippen LogP contribution in [0.4, 0.5) is 0 Å². The molecule has 0 aromatic carbocycles. The summed E-state index contributed by atoms with van der Waals surface area (Å²) in [6.45, 7) is 15.5. The topological polar surface area (TPSA) is 91.8 Å². The molecule has 1 aliphatic heterocycles. The van der Waals surface area contributed by atoms with Gasteiger partial charge in [0.15, 0.2) is 0 Å². The lowest BCUT2D eigenvalue weighted by molar-refractivity contribution is 0.190. The van der Waals surface area contributed by atoms with E-state index in [1.54, 1.807) is 0 Å². The third kappa shape index (κ3) is 9.33. The molecular weight excluding hydrogens is 447 g/mol. The molecule has 0 aromatic rings. The van der Waals surface area contributed by atoms with E-state index in [0.29, 0.717) is 39.6 Å². The predicted molar refractivity (Wildman–Crippen MR) is 127 cm³/mol. The Balaban J connectivity index is 3.49. The van der Waals surface area contributed by atoms with Gasteiger partial charge >= 0.3 is 23.7 Å². The number of rotatable bonds is 18. The van der Waals surface area contributed by atoms with Gasteiger partial charge < -0.3 is 9.05 Å². The highest BCUT2D eigenvalue weighted by Gasteiger charge is 2.70. The van der Waals surface area contributed by atoms with Crippen molar-refractivity contribution in [2.45, 2.75) is 80.1 Å². The fraction of sp³-hybridized carbons (Fsp3) is 1.00. The van der Waals surface area contributed by atoms with Crippen molar-refractivity contribution < 1.29 is 27.1 Å². The van der Waals surface area contributed by atoms with Gasteiger partial charge in [-0.3, -0.25) is 0 Å². The molecule has 1 rings (SSSR count). The third-order valence-electron chi connectivity index (χ3n) is 3.59. The fourth-order valence-electron chi connectivity index (χ4n) is 2.30. The minimum atomic E-state index is -2.92. The van der Waals surface area contributed by atoms with Crippen LogP contribution >= 0.6 is 23.7 Å². The fourth-order valence-corrected chi connectivity index (χ4v) is 13.3. The van der Waals surface area contributed by atoms with Gasteiger partial charge in [-0.25, -0.2) is 0 Å². The zero-order valence-corrected chi connectivity index (χ0v) is 22.4. The first-order chi connectivity index (χ1) is 14.5. The molecule has 0 spiro atoms. The molecule has 0 saturated carbocycles. The van der Waals surface area contributed by atoms with E-state index >= 15 is 0 Å². The van der Waals surface area contributed by atoms with Crippen molar-refractivity contribution in [3.63, 3.8) is 0 Å². The second kappa shape index (κ2) is 15.6. The quantitative estimate of drug-likeness (QED) is 0.197. The molecule has 0 fully saturated rings. The maximum atomic E-state index is 6.29. The van der Waals surface area contributed by atoms with E-state index in [0.717, 1.165) is 38.5 Å². The largest absolute Gasteiger partial charge is 0.525 e. The van der Waals surface area contributed by atoms with Crippen molar-refractivity contribution in [3.8, 4) is 0 Å². The Bertz CT molecular complexity index is 488. The first-order valence-corrected chi connectivity index (χ1v) is 16.1. The summed E-state index contributed by atoms with van der Waals surface area (Å²) >= 11 is 0. The molecule has 2 N–H and O–H groups in total. The second-order valence-corrected chi connectivity index (χ2v) is 13.9. The molecule has 0 unspecified atom stereocenters. The number of hydrogen-bond acceptors (Lipinski definition) is 9. The lowest BCUT2D eigenvalue weighted by Gasteiger charge is -2.34. The molecule has 0 aromatic heterocycles. The van der Waals surface area contributed by atoms with E-state index < -0.39 is 23.7 Å². The summed E-state index contributed by atoms with van der Waals surface area (Å²) in [4.78, 5) is 6.90. The number of nitrogens with zero attached hydrogens (tertiary/aromatic N) is 1. The van der Waals surface area contributed by atoms with Gasteiger partial charge in [0.05, 0.1) is 44.5 Å². The first-order valence-electron chi connectivity index (χ1n) is 11.4. The van der Waals surface area contributed by atoms with Gasteiger partial charge in [-0.1, -0.05) is 41.5 Å². The molecule has 30 heavy (non-hydrogen) atoms. The third-order valence-corrected chi connectivity index (χ3v) is 12.8. The SMILES string of the molecule is CCCOP1(OCCC)=N[P+](OCCC)(OCCC)N[P+](OCCC)(OCCC)N1. The molecule has 180 valence electrons. The summed E-state index contributed by atoms with van der Waals surface area (Å²) in [6.07, 6.45) is 5.08. The van der Waals surface area contributed by atoms with Crippen LogP contribution in [-0.2, 0) is 27.1 Å². The molecule has 0 aliphatic carbocycles. The maximum absolute atomic E-state index is 6.29. The highest BCUT2D eigenvalue weighted by molar-refractivity contribution is 7.88. The van der Waals surface area contributed by atoms with Crippen LogP contribution in [0, 0.1) is 0 Å². The van der Waals surface area contributed by atoms with Gasteiger partial charge in [0, 0.05) is 4.52 Å². The van der Waals surface area contributed by atoms with Crippen LogP contribution in [0.25, 0.3) is 0 Å². The summed E-state index contributed by atoms with van der Waals surface area (Å²) in [5.74, 6) is 0. The Morgan fingerprint density at radius 2 is 1.00 bits per heavy atom. The molecule has 0 saturated heterocycles. The van der Waals surface area contributed by atoms with E-state index in [4.69, 9.17) is 31.7 Å². The molecule has 0 atom stereocenters. The molecule has 1 heterocycles. The molecule has 0 amide bonds. The molecule has 9 nitrogen and oxygen atoms in total. The Morgan fingerprint density at radius 3 is 1.40 bits per heavy atom. The van der Waals surface area contributed by atoms with Gasteiger partial charge in [0.1, 0.15) is 0 Å². The van der Waals surface area contributed by atoms with Crippen LogP contribution in [0.15, 0.2) is 4.52 Å². The molecule has 12 heteroatoms. The van der Waals surface area contributed by atoms with E-state index in [2.05, 4.69) is 51.3 Å². The Labute approximate surface area is 185 Å². The van der Waals surface area contributed by atoms with Gasteiger partial charge in [-0.2, -0.15) is 18.1 Å². The van der Waals surface area contributed by atoms with Crippen LogP contribution in [0.5, 0.6) is 0 Å². The minimum Gasteiger partial charge on any atom is -0.308 e. The highest BCUT2D eigenvalue weighted by Crippen LogP contribution is 2.81. The molecule has 1 aliphatic rings. The van der Waals surface area contributed by atoms with Crippen molar-refractivity contribution >= 4 is 23.7 Å². The van der Waals surface area contributed by atoms with E-state index in [-0.39, 0.29) is 0 Å². The van der Waals surface area contributed by atoms with Crippen molar-refractivity contribution in [1.29, 1.82) is 0 Å². The zero-order valence-electron chi connectivity index (χ0n) is 19.7. The van der Waals surface area contributed by atoms with Gasteiger partial charge in [-0.15, -0.1) is 0 Å². The average molecular weight is 491 g/mol. The monoisotopic (exact) mass is 491 g/mol. The summed E-state index contributed by atoms with van der Waals surface area (Å²) < 4.78 is 42.6. The Morgan fingerprint density at radius 1 is 0.600 bits per heavy atom. The van der Waals surface area contributed by atoms with Crippen molar-refractivity contribution in [1.82, 2.24) is 9.72 Å². The molecule has 0 bridgehead atoms. The number of hydrogen-bond donors (Lipinski definition) is 2. The lowest BCUT2D eigenvalue weighted by atomic mass is 10.5. The molecule has 0 radical (unpaired) electrons.